The van der Waals surface area contributed by atoms with Crippen LogP contribution in [0.25, 0.3) is 5.69 Å². The quantitative estimate of drug-likeness (QED) is 0.548. The Hall–Kier alpha value is -2.15. The Labute approximate surface area is 171 Å². The highest BCUT2D eigenvalue weighted by Crippen LogP contribution is 2.31. The molecular formula is C19H17Cl2N3O2S. The van der Waals surface area contributed by atoms with Crippen LogP contribution >= 0.6 is 35.0 Å². The second-order valence-corrected chi connectivity index (χ2v) is 7.72. The zero-order valence-electron chi connectivity index (χ0n) is 14.6. The molecule has 0 aliphatic heterocycles. The number of ether oxygens (including phenoxy) is 1. The topological polar surface area (TPSA) is 56.2 Å². The minimum atomic E-state index is -0.389. The van der Waals surface area contributed by atoms with Crippen molar-refractivity contribution in [1.82, 2.24) is 9.55 Å². The van der Waals surface area contributed by atoms with Gasteiger partial charge in [0, 0.05) is 18.1 Å². The molecule has 3 aromatic rings. The summed E-state index contributed by atoms with van der Waals surface area (Å²) in [4.78, 5) is 16.9. The number of thioether (sulfide) groups is 1. The van der Waals surface area contributed by atoms with E-state index >= 15 is 0 Å². The zero-order chi connectivity index (χ0) is 19.4. The lowest BCUT2D eigenvalue weighted by Crippen LogP contribution is -2.23. The molecular weight excluding hydrogens is 405 g/mol. The van der Waals surface area contributed by atoms with E-state index in [1.165, 1.54) is 11.8 Å². The summed E-state index contributed by atoms with van der Waals surface area (Å²) in [5.74, 6) is 0.590. The highest BCUT2D eigenvalue weighted by Gasteiger charge is 2.19. The van der Waals surface area contributed by atoms with E-state index in [1.807, 2.05) is 42.0 Å². The first-order valence-electron chi connectivity index (χ1n) is 8.09. The fourth-order valence-corrected chi connectivity index (χ4v) is 3.59. The number of anilines is 1. The molecule has 1 N–H and O–H groups in total. The third-order valence-electron chi connectivity index (χ3n) is 3.82. The third-order valence-corrected chi connectivity index (χ3v) is 5.72. The molecule has 1 aromatic heterocycles. The molecule has 8 heteroatoms. The largest absolute Gasteiger partial charge is 0.497 e. The van der Waals surface area contributed by atoms with Crippen LogP contribution in [0.15, 0.2) is 60.0 Å². The Morgan fingerprint density at radius 2 is 1.96 bits per heavy atom. The second kappa shape index (κ2) is 8.69. The van der Waals surface area contributed by atoms with Crippen molar-refractivity contribution in [3.63, 3.8) is 0 Å². The van der Waals surface area contributed by atoms with E-state index in [0.717, 1.165) is 11.4 Å². The Morgan fingerprint density at radius 3 is 2.67 bits per heavy atom. The van der Waals surface area contributed by atoms with Gasteiger partial charge in [-0.25, -0.2) is 4.98 Å². The molecule has 0 radical (unpaired) electrons. The van der Waals surface area contributed by atoms with Crippen molar-refractivity contribution in [2.45, 2.75) is 17.3 Å². The average Bonchev–Trinajstić information content (AvgIpc) is 3.13. The Balaban J connectivity index is 1.72. The second-order valence-electron chi connectivity index (χ2n) is 5.63. The number of hydrogen-bond acceptors (Lipinski definition) is 4. The summed E-state index contributed by atoms with van der Waals surface area (Å²) in [6.07, 6.45) is 3.55. The number of carbonyl (C=O) groups excluding carboxylic acids is 1. The van der Waals surface area contributed by atoms with Crippen LogP contribution in [-0.4, -0.2) is 27.8 Å². The molecule has 27 heavy (non-hydrogen) atoms. The van der Waals surface area contributed by atoms with Gasteiger partial charge in [0.15, 0.2) is 5.16 Å². The summed E-state index contributed by atoms with van der Waals surface area (Å²) in [5, 5.41) is 3.84. The van der Waals surface area contributed by atoms with Crippen LogP contribution in [-0.2, 0) is 4.79 Å². The fourth-order valence-electron chi connectivity index (χ4n) is 2.36. The predicted octanol–water partition coefficient (Wildman–Crippen LogP) is 5.31. The molecule has 1 amide bonds. The minimum absolute atomic E-state index is 0.187. The van der Waals surface area contributed by atoms with E-state index in [4.69, 9.17) is 27.9 Å². The Bertz CT molecular complexity index is 944. The Morgan fingerprint density at radius 1 is 1.22 bits per heavy atom. The SMILES string of the molecule is COc1ccc(-n2ccnc2SC(C)C(=O)Nc2cccc(Cl)c2Cl)cc1. The van der Waals surface area contributed by atoms with Crippen LogP contribution in [0.2, 0.25) is 10.0 Å². The van der Waals surface area contributed by atoms with Gasteiger partial charge in [-0.15, -0.1) is 0 Å². The lowest BCUT2D eigenvalue weighted by Gasteiger charge is -2.14. The van der Waals surface area contributed by atoms with Gasteiger partial charge in [0.1, 0.15) is 5.75 Å². The van der Waals surface area contributed by atoms with Gasteiger partial charge in [0.05, 0.1) is 28.1 Å². The van der Waals surface area contributed by atoms with E-state index in [-0.39, 0.29) is 11.2 Å². The van der Waals surface area contributed by atoms with E-state index < -0.39 is 0 Å². The number of nitrogens with zero attached hydrogens (tertiary/aromatic N) is 2. The molecule has 0 saturated heterocycles. The van der Waals surface area contributed by atoms with Gasteiger partial charge in [0.2, 0.25) is 5.91 Å². The van der Waals surface area contributed by atoms with Crippen molar-refractivity contribution in [2.24, 2.45) is 0 Å². The fraction of sp³-hybridized carbons (Fsp3) is 0.158. The first-order valence-corrected chi connectivity index (χ1v) is 9.72. The molecule has 0 fully saturated rings. The smallest absolute Gasteiger partial charge is 0.237 e. The molecule has 3 rings (SSSR count). The first-order chi connectivity index (χ1) is 13.0. The Kier molecular flexibility index (Phi) is 6.31. The van der Waals surface area contributed by atoms with Gasteiger partial charge in [-0.1, -0.05) is 41.0 Å². The van der Waals surface area contributed by atoms with Crippen molar-refractivity contribution in [2.75, 3.05) is 12.4 Å². The van der Waals surface area contributed by atoms with Crippen LogP contribution in [0.3, 0.4) is 0 Å². The lowest BCUT2D eigenvalue weighted by molar-refractivity contribution is -0.115. The number of benzene rings is 2. The minimum Gasteiger partial charge on any atom is -0.497 e. The standard InChI is InChI=1S/C19H17Cl2N3O2S/c1-12(18(25)23-16-5-3-4-15(20)17(16)21)27-19-22-10-11-24(19)13-6-8-14(26-2)9-7-13/h3-12H,1-2H3,(H,23,25). The molecule has 1 unspecified atom stereocenters. The molecule has 1 heterocycles. The average molecular weight is 422 g/mol. The number of halogens is 2. The maximum absolute atomic E-state index is 12.5. The van der Waals surface area contributed by atoms with Crippen LogP contribution in [0, 0.1) is 0 Å². The number of rotatable bonds is 6. The van der Waals surface area contributed by atoms with Crippen molar-refractivity contribution in [3.8, 4) is 11.4 Å². The summed E-state index contributed by atoms with van der Waals surface area (Å²) in [7, 11) is 1.62. The van der Waals surface area contributed by atoms with Gasteiger partial charge >= 0.3 is 0 Å². The van der Waals surface area contributed by atoms with Gasteiger partial charge in [-0.2, -0.15) is 0 Å². The molecule has 140 valence electrons. The highest BCUT2D eigenvalue weighted by atomic mass is 35.5. The molecule has 0 bridgehead atoms. The molecule has 0 aliphatic rings. The van der Waals surface area contributed by atoms with Crippen molar-refractivity contribution in [1.29, 1.82) is 0 Å². The summed E-state index contributed by atoms with van der Waals surface area (Å²) >= 11 is 13.5. The molecule has 0 saturated carbocycles. The van der Waals surface area contributed by atoms with Crippen molar-refractivity contribution >= 4 is 46.6 Å². The van der Waals surface area contributed by atoms with Crippen molar-refractivity contribution in [3.05, 3.63) is 64.9 Å². The lowest BCUT2D eigenvalue weighted by atomic mass is 10.3. The maximum atomic E-state index is 12.5. The summed E-state index contributed by atoms with van der Waals surface area (Å²) in [6.45, 7) is 1.81. The molecule has 2 aromatic carbocycles. The molecule has 0 aliphatic carbocycles. The molecule has 1 atom stereocenters. The number of methoxy groups -OCH3 is 1. The highest BCUT2D eigenvalue weighted by molar-refractivity contribution is 8.00. The van der Waals surface area contributed by atoms with Crippen molar-refractivity contribution < 1.29 is 9.53 Å². The van der Waals surface area contributed by atoms with Crippen LogP contribution in [0.5, 0.6) is 5.75 Å². The predicted molar refractivity (Wildman–Crippen MR) is 111 cm³/mol. The van der Waals surface area contributed by atoms with E-state index in [0.29, 0.717) is 20.9 Å². The number of amides is 1. The monoisotopic (exact) mass is 421 g/mol. The van der Waals surface area contributed by atoms with E-state index in [1.54, 1.807) is 31.5 Å². The van der Waals surface area contributed by atoms with Gasteiger partial charge in [0.25, 0.3) is 0 Å². The molecule has 5 nitrogen and oxygen atoms in total. The summed E-state index contributed by atoms with van der Waals surface area (Å²) < 4.78 is 7.10. The van der Waals surface area contributed by atoms with Crippen LogP contribution in [0.4, 0.5) is 5.69 Å². The normalized spacial score (nSPS) is 11.9. The van der Waals surface area contributed by atoms with Gasteiger partial charge in [-0.05, 0) is 43.3 Å². The summed E-state index contributed by atoms with van der Waals surface area (Å²) in [6, 6.07) is 12.7. The number of imidazole rings is 1. The number of carbonyl (C=O) groups is 1. The van der Waals surface area contributed by atoms with E-state index in [2.05, 4.69) is 10.3 Å². The van der Waals surface area contributed by atoms with Gasteiger partial charge in [-0.3, -0.25) is 9.36 Å². The number of aromatic nitrogens is 2. The summed E-state index contributed by atoms with van der Waals surface area (Å²) in [5.41, 5.74) is 1.42. The van der Waals surface area contributed by atoms with E-state index in [9.17, 15) is 4.79 Å². The first kappa shape index (κ1) is 19.6. The third kappa shape index (κ3) is 4.58. The number of nitrogens with one attached hydrogen (secondary N) is 1. The molecule has 0 spiro atoms. The number of hydrogen-bond donors (Lipinski definition) is 1. The van der Waals surface area contributed by atoms with Crippen LogP contribution < -0.4 is 10.1 Å². The zero-order valence-corrected chi connectivity index (χ0v) is 17.0. The maximum Gasteiger partial charge on any atom is 0.237 e. The van der Waals surface area contributed by atoms with Crippen LogP contribution in [0.1, 0.15) is 6.92 Å². The van der Waals surface area contributed by atoms with Gasteiger partial charge < -0.3 is 10.1 Å².